The van der Waals surface area contributed by atoms with Crippen molar-refractivity contribution in [3.05, 3.63) is 71.3 Å². The molecule has 3 rings (SSSR count). The van der Waals surface area contributed by atoms with E-state index in [9.17, 15) is 9.90 Å². The van der Waals surface area contributed by atoms with Gasteiger partial charge in [-0.15, -0.1) is 0 Å². The molecule has 0 aliphatic heterocycles. The van der Waals surface area contributed by atoms with Gasteiger partial charge in [0.2, 0.25) is 0 Å². The molecule has 0 radical (unpaired) electrons. The Hall–Kier alpha value is -2.29. The molecule has 0 bridgehead atoms. The van der Waals surface area contributed by atoms with Crippen LogP contribution in [0.5, 0.6) is 0 Å². The van der Waals surface area contributed by atoms with Crippen LogP contribution in [0.1, 0.15) is 23.6 Å². The second-order valence-corrected chi connectivity index (χ2v) is 5.97. The maximum atomic E-state index is 11.8. The summed E-state index contributed by atoms with van der Waals surface area (Å²) in [6, 6.07) is 18.0. The first kappa shape index (κ1) is 13.7. The van der Waals surface area contributed by atoms with Crippen molar-refractivity contribution >= 4 is 6.09 Å². The molecule has 0 saturated heterocycles. The molecule has 3 heteroatoms. The van der Waals surface area contributed by atoms with Crippen LogP contribution in [-0.4, -0.2) is 21.6 Å². The number of carbonyl (C=O) groups is 1. The Kier molecular flexibility index (Phi) is 3.42. The van der Waals surface area contributed by atoms with Gasteiger partial charge in [-0.3, -0.25) is 4.90 Å². The molecule has 1 aliphatic rings. The van der Waals surface area contributed by atoms with E-state index in [1.165, 1.54) is 11.1 Å². The average Bonchev–Trinajstić information content (AvgIpc) is 2.82. The van der Waals surface area contributed by atoms with Crippen molar-refractivity contribution in [3.8, 4) is 0 Å². The number of carboxylic acid groups (broad SMARTS) is 1. The number of fused-ring (bicyclic) bond motifs is 1. The summed E-state index contributed by atoms with van der Waals surface area (Å²) in [5.74, 6) is 0. The highest BCUT2D eigenvalue weighted by Crippen LogP contribution is 2.35. The van der Waals surface area contributed by atoms with Crippen LogP contribution in [0.15, 0.2) is 54.6 Å². The highest BCUT2D eigenvalue weighted by atomic mass is 16.4. The van der Waals surface area contributed by atoms with Crippen molar-refractivity contribution in [2.24, 2.45) is 0 Å². The van der Waals surface area contributed by atoms with Crippen LogP contribution in [-0.2, 0) is 19.4 Å². The number of benzene rings is 2. The Balaban J connectivity index is 1.87. The van der Waals surface area contributed by atoms with Crippen LogP contribution < -0.4 is 0 Å². The lowest BCUT2D eigenvalue weighted by Crippen LogP contribution is -2.49. The fraction of sp³-hybridized carbons (Fsp3) is 0.278. The molecule has 0 saturated carbocycles. The van der Waals surface area contributed by atoms with E-state index in [2.05, 4.69) is 12.1 Å². The Morgan fingerprint density at radius 2 is 1.57 bits per heavy atom. The molecule has 0 heterocycles. The van der Waals surface area contributed by atoms with Gasteiger partial charge in [0, 0.05) is 6.54 Å². The van der Waals surface area contributed by atoms with Crippen molar-refractivity contribution in [1.29, 1.82) is 0 Å². The van der Waals surface area contributed by atoms with Gasteiger partial charge in [-0.25, -0.2) is 4.79 Å². The predicted octanol–water partition coefficient (Wildman–Crippen LogP) is 3.72. The lowest BCUT2D eigenvalue weighted by atomic mass is 9.95. The monoisotopic (exact) mass is 281 g/mol. The van der Waals surface area contributed by atoms with E-state index in [1.807, 2.05) is 49.4 Å². The molecule has 0 aromatic heterocycles. The molecule has 1 N–H and O–H groups in total. The topological polar surface area (TPSA) is 40.5 Å². The fourth-order valence-electron chi connectivity index (χ4n) is 3.23. The number of nitrogens with zero attached hydrogens (tertiary/aromatic N) is 1. The molecule has 3 nitrogen and oxygen atoms in total. The van der Waals surface area contributed by atoms with Crippen LogP contribution in [0.2, 0.25) is 0 Å². The lowest BCUT2D eigenvalue weighted by molar-refractivity contribution is 0.0830. The number of hydrogen-bond acceptors (Lipinski definition) is 1. The molecule has 0 fully saturated rings. The van der Waals surface area contributed by atoms with Crippen molar-refractivity contribution < 1.29 is 9.90 Å². The molecule has 0 unspecified atom stereocenters. The zero-order valence-corrected chi connectivity index (χ0v) is 12.1. The summed E-state index contributed by atoms with van der Waals surface area (Å²) in [5, 5.41) is 9.67. The summed E-state index contributed by atoms with van der Waals surface area (Å²) in [6.07, 6.45) is 0.708. The van der Waals surface area contributed by atoms with Crippen molar-refractivity contribution in [1.82, 2.24) is 4.90 Å². The van der Waals surface area contributed by atoms with E-state index in [4.69, 9.17) is 0 Å². The molecule has 21 heavy (non-hydrogen) atoms. The van der Waals surface area contributed by atoms with Crippen molar-refractivity contribution in [3.63, 3.8) is 0 Å². The van der Waals surface area contributed by atoms with E-state index in [0.717, 1.165) is 18.4 Å². The van der Waals surface area contributed by atoms with Crippen molar-refractivity contribution in [2.45, 2.75) is 31.8 Å². The van der Waals surface area contributed by atoms with Gasteiger partial charge in [0.25, 0.3) is 0 Å². The molecular formula is C18H19NO2. The quantitative estimate of drug-likeness (QED) is 0.931. The number of hydrogen-bond donors (Lipinski definition) is 1. The molecular weight excluding hydrogens is 262 g/mol. The Labute approximate surface area is 124 Å². The second kappa shape index (κ2) is 5.24. The van der Waals surface area contributed by atoms with Gasteiger partial charge in [0.05, 0.1) is 5.54 Å². The number of rotatable bonds is 3. The van der Waals surface area contributed by atoms with E-state index >= 15 is 0 Å². The second-order valence-electron chi connectivity index (χ2n) is 5.97. The minimum absolute atomic E-state index is 0.370. The molecule has 2 aromatic carbocycles. The summed E-state index contributed by atoms with van der Waals surface area (Å²) in [4.78, 5) is 13.4. The number of amides is 1. The summed E-state index contributed by atoms with van der Waals surface area (Å²) in [7, 11) is 0. The van der Waals surface area contributed by atoms with Crippen molar-refractivity contribution in [2.75, 3.05) is 0 Å². The largest absolute Gasteiger partial charge is 0.465 e. The maximum absolute atomic E-state index is 11.8. The highest BCUT2D eigenvalue weighted by molar-refractivity contribution is 5.67. The van der Waals surface area contributed by atoms with E-state index in [0.29, 0.717) is 6.54 Å². The Morgan fingerprint density at radius 1 is 1.05 bits per heavy atom. The maximum Gasteiger partial charge on any atom is 0.408 e. The van der Waals surface area contributed by atoms with Gasteiger partial charge in [-0.05, 0) is 36.5 Å². The smallest absolute Gasteiger partial charge is 0.408 e. The third-order valence-electron chi connectivity index (χ3n) is 4.33. The predicted molar refractivity (Wildman–Crippen MR) is 82.3 cm³/mol. The Bertz CT molecular complexity index is 626. The zero-order chi connectivity index (χ0) is 14.9. The van der Waals surface area contributed by atoms with Gasteiger partial charge < -0.3 is 5.11 Å². The summed E-state index contributed by atoms with van der Waals surface area (Å²) in [6.45, 7) is 2.48. The summed E-state index contributed by atoms with van der Waals surface area (Å²) >= 11 is 0. The van der Waals surface area contributed by atoms with Gasteiger partial charge in [-0.2, -0.15) is 0 Å². The first-order valence-corrected chi connectivity index (χ1v) is 7.20. The van der Waals surface area contributed by atoms with Crippen LogP contribution in [0, 0.1) is 0 Å². The van der Waals surface area contributed by atoms with Gasteiger partial charge in [-0.1, -0.05) is 54.6 Å². The molecule has 2 aromatic rings. The first-order valence-electron chi connectivity index (χ1n) is 7.20. The molecule has 0 atom stereocenters. The third kappa shape index (κ3) is 2.64. The van der Waals surface area contributed by atoms with Crippen LogP contribution >= 0.6 is 0 Å². The zero-order valence-electron chi connectivity index (χ0n) is 12.1. The molecule has 108 valence electrons. The van der Waals surface area contributed by atoms with E-state index in [1.54, 1.807) is 4.90 Å². The SMILES string of the molecule is CC1(N(Cc2ccccc2)C(=O)O)Cc2ccccc2C1. The summed E-state index contributed by atoms with van der Waals surface area (Å²) < 4.78 is 0. The van der Waals surface area contributed by atoms with Gasteiger partial charge >= 0.3 is 6.09 Å². The van der Waals surface area contributed by atoms with Gasteiger partial charge in [0.15, 0.2) is 0 Å². The molecule has 1 amide bonds. The minimum atomic E-state index is -0.853. The first-order chi connectivity index (χ1) is 10.1. The average molecular weight is 281 g/mol. The van der Waals surface area contributed by atoms with Crippen LogP contribution in [0.25, 0.3) is 0 Å². The van der Waals surface area contributed by atoms with E-state index < -0.39 is 6.09 Å². The van der Waals surface area contributed by atoms with Gasteiger partial charge in [0.1, 0.15) is 0 Å². The summed E-state index contributed by atoms with van der Waals surface area (Å²) in [5.41, 5.74) is 3.18. The Morgan fingerprint density at radius 3 is 2.10 bits per heavy atom. The normalized spacial score (nSPS) is 15.5. The molecule has 0 spiro atoms. The van der Waals surface area contributed by atoms with Crippen LogP contribution in [0.3, 0.4) is 0 Å². The fourth-order valence-corrected chi connectivity index (χ4v) is 3.23. The standard InChI is InChI=1S/C18H19NO2/c1-18(11-15-9-5-6-10-16(15)12-18)19(17(20)21)13-14-7-3-2-4-8-14/h2-10H,11-13H2,1H3,(H,20,21). The van der Waals surface area contributed by atoms with Crippen LogP contribution in [0.4, 0.5) is 4.79 Å². The highest BCUT2D eigenvalue weighted by Gasteiger charge is 2.40. The minimum Gasteiger partial charge on any atom is -0.465 e. The lowest BCUT2D eigenvalue weighted by Gasteiger charge is -2.36. The molecule has 1 aliphatic carbocycles. The van der Waals surface area contributed by atoms with E-state index in [-0.39, 0.29) is 5.54 Å². The third-order valence-corrected chi connectivity index (χ3v) is 4.33.